The summed E-state index contributed by atoms with van der Waals surface area (Å²) in [5, 5.41) is 3.31. The van der Waals surface area contributed by atoms with Gasteiger partial charge in [-0.3, -0.25) is 14.6 Å². The first-order chi connectivity index (χ1) is 19.9. The standard InChI is InChI=1S/C31H35N7O3/c1-21-7-6-8-22(2)28(21)38-20-24-19-32-30-33-25-9-10-26(36-14-12-35(3)13-15-36)23(17-25)18-27(39)41-16-5-4-11-37(31(38)40)29(24)34-30/h4-10,17,19H,11-16,18,20H2,1-3H3,(H,32,33,34)/b5-4+. The van der Waals surface area contributed by atoms with E-state index in [2.05, 4.69) is 27.1 Å². The third kappa shape index (κ3) is 5.47. The van der Waals surface area contributed by atoms with Gasteiger partial charge in [0.2, 0.25) is 5.95 Å². The van der Waals surface area contributed by atoms with E-state index in [0.29, 0.717) is 18.3 Å². The molecule has 1 aromatic heterocycles. The molecule has 1 fully saturated rings. The van der Waals surface area contributed by atoms with Gasteiger partial charge in [-0.25, -0.2) is 9.78 Å². The molecule has 41 heavy (non-hydrogen) atoms. The third-order valence-corrected chi connectivity index (χ3v) is 7.91. The number of likely N-dealkylation sites (N-methyl/N-ethyl adjacent to an activating group) is 1. The van der Waals surface area contributed by atoms with Gasteiger partial charge in [-0.05, 0) is 61.9 Å². The van der Waals surface area contributed by atoms with Crippen molar-refractivity contribution in [3.63, 3.8) is 0 Å². The van der Waals surface area contributed by atoms with Crippen LogP contribution in [-0.2, 0) is 22.5 Å². The molecule has 0 unspecified atom stereocenters. The Morgan fingerprint density at radius 2 is 1.71 bits per heavy atom. The first-order valence-electron chi connectivity index (χ1n) is 14.0. The Morgan fingerprint density at radius 3 is 2.49 bits per heavy atom. The summed E-state index contributed by atoms with van der Waals surface area (Å²) in [4.78, 5) is 44.2. The lowest BCUT2D eigenvalue weighted by Gasteiger charge is -2.37. The minimum absolute atomic E-state index is 0.130. The van der Waals surface area contributed by atoms with Crippen LogP contribution in [0.2, 0.25) is 0 Å². The summed E-state index contributed by atoms with van der Waals surface area (Å²) in [6.45, 7) is 8.53. The minimum Gasteiger partial charge on any atom is -0.461 e. The smallest absolute Gasteiger partial charge is 0.330 e. The summed E-state index contributed by atoms with van der Waals surface area (Å²) in [5.41, 5.74) is 6.50. The lowest BCUT2D eigenvalue weighted by molar-refractivity contribution is -0.141. The number of aryl methyl sites for hydroxylation is 2. The molecule has 0 spiro atoms. The average Bonchev–Trinajstić information content (AvgIpc) is 2.95. The molecule has 3 aliphatic rings. The Hall–Kier alpha value is -4.44. The van der Waals surface area contributed by atoms with Crippen LogP contribution in [0.25, 0.3) is 0 Å². The molecule has 2 aromatic carbocycles. The van der Waals surface area contributed by atoms with Gasteiger partial charge in [0.05, 0.1) is 18.7 Å². The second-order valence-corrected chi connectivity index (χ2v) is 10.9. The zero-order chi connectivity index (χ0) is 28.5. The predicted octanol–water partition coefficient (Wildman–Crippen LogP) is 4.19. The van der Waals surface area contributed by atoms with Crippen molar-refractivity contribution in [2.75, 3.05) is 66.4 Å². The Balaban J connectivity index is 1.36. The molecule has 1 saturated heterocycles. The van der Waals surface area contributed by atoms with Gasteiger partial charge in [-0.2, -0.15) is 4.98 Å². The normalized spacial score (nSPS) is 18.8. The highest BCUT2D eigenvalue weighted by atomic mass is 16.5. The molecule has 0 saturated carbocycles. The summed E-state index contributed by atoms with van der Waals surface area (Å²) in [6.07, 6.45) is 5.57. The third-order valence-electron chi connectivity index (χ3n) is 7.91. The van der Waals surface area contributed by atoms with E-state index < -0.39 is 0 Å². The predicted molar refractivity (Wildman–Crippen MR) is 160 cm³/mol. The summed E-state index contributed by atoms with van der Waals surface area (Å²) >= 11 is 0. The van der Waals surface area contributed by atoms with E-state index in [1.165, 1.54) is 0 Å². The van der Waals surface area contributed by atoms with Gasteiger partial charge >= 0.3 is 12.0 Å². The van der Waals surface area contributed by atoms with Crippen LogP contribution in [0.15, 0.2) is 54.7 Å². The van der Waals surface area contributed by atoms with Crippen molar-refractivity contribution in [3.8, 4) is 0 Å². The number of benzene rings is 2. The number of ether oxygens (including phenoxy) is 1. The number of nitrogens with zero attached hydrogens (tertiary/aromatic N) is 6. The molecule has 0 radical (unpaired) electrons. The van der Waals surface area contributed by atoms with Gasteiger partial charge in [0.25, 0.3) is 0 Å². The maximum absolute atomic E-state index is 13.9. The topological polar surface area (TPSA) is 94.1 Å². The molecule has 10 nitrogen and oxygen atoms in total. The monoisotopic (exact) mass is 553 g/mol. The van der Waals surface area contributed by atoms with Crippen LogP contribution in [-0.4, -0.2) is 73.2 Å². The maximum Gasteiger partial charge on any atom is 0.330 e. The molecular weight excluding hydrogens is 518 g/mol. The zero-order valence-electron chi connectivity index (χ0n) is 23.8. The van der Waals surface area contributed by atoms with Crippen molar-refractivity contribution in [1.29, 1.82) is 0 Å². The van der Waals surface area contributed by atoms with Crippen LogP contribution in [0, 0.1) is 13.8 Å². The second-order valence-electron chi connectivity index (χ2n) is 10.9. The summed E-state index contributed by atoms with van der Waals surface area (Å²) in [6, 6.07) is 11.9. The van der Waals surface area contributed by atoms with E-state index in [4.69, 9.17) is 9.72 Å². The van der Waals surface area contributed by atoms with Crippen molar-refractivity contribution < 1.29 is 14.3 Å². The van der Waals surface area contributed by atoms with Gasteiger partial charge in [-0.1, -0.05) is 24.3 Å². The Kier molecular flexibility index (Phi) is 7.32. The second kappa shape index (κ2) is 11.2. The number of piperazine rings is 1. The SMILES string of the molecule is Cc1cccc(C)c1N1Cc2cnc3nc2N(C/C=C/COC(=O)Cc2cc(ccc2N2CCN(C)CC2)N3)C1=O. The number of carbonyl (C=O) groups is 2. The van der Waals surface area contributed by atoms with Gasteiger partial charge < -0.3 is 19.9 Å². The number of hydrogen-bond acceptors (Lipinski definition) is 8. The number of urea groups is 1. The van der Waals surface area contributed by atoms with Gasteiger partial charge in [0.15, 0.2) is 0 Å². The first-order valence-corrected chi connectivity index (χ1v) is 14.0. The molecule has 0 aliphatic carbocycles. The van der Waals surface area contributed by atoms with E-state index in [-0.39, 0.29) is 31.6 Å². The molecule has 212 valence electrons. The number of hydrogen-bond donors (Lipinski definition) is 1. The number of rotatable bonds is 2. The van der Waals surface area contributed by atoms with Gasteiger partial charge in [0, 0.05) is 55.9 Å². The molecule has 3 aromatic rings. The molecule has 4 bridgehead atoms. The molecule has 10 heteroatoms. The van der Waals surface area contributed by atoms with Crippen molar-refractivity contribution in [3.05, 3.63) is 77.0 Å². The first kappa shape index (κ1) is 26.8. The fourth-order valence-corrected chi connectivity index (χ4v) is 5.73. The molecule has 1 N–H and O–H groups in total. The lowest BCUT2D eigenvalue weighted by Crippen LogP contribution is -2.48. The number of aromatic nitrogens is 2. The molecular formula is C31H35N7O3. The van der Waals surface area contributed by atoms with Crippen LogP contribution in [0.1, 0.15) is 22.3 Å². The Morgan fingerprint density at radius 1 is 0.927 bits per heavy atom. The van der Waals surface area contributed by atoms with Crippen LogP contribution in [0.5, 0.6) is 0 Å². The highest BCUT2D eigenvalue weighted by molar-refractivity contribution is 6.06. The number of carbonyl (C=O) groups excluding carboxylic acids is 2. The summed E-state index contributed by atoms with van der Waals surface area (Å²) in [5.74, 6) is 0.661. The maximum atomic E-state index is 13.9. The van der Waals surface area contributed by atoms with Crippen LogP contribution >= 0.6 is 0 Å². The van der Waals surface area contributed by atoms with Gasteiger partial charge in [-0.15, -0.1) is 0 Å². The molecule has 4 heterocycles. The van der Waals surface area contributed by atoms with Crippen molar-refractivity contribution >= 4 is 40.8 Å². The van der Waals surface area contributed by atoms with E-state index in [1.807, 2.05) is 56.3 Å². The summed E-state index contributed by atoms with van der Waals surface area (Å²) < 4.78 is 5.56. The fraction of sp³-hybridized carbons (Fsp3) is 0.355. The molecule has 3 aliphatic heterocycles. The number of nitrogens with one attached hydrogen (secondary N) is 1. The number of fused-ring (bicyclic) bond motifs is 3. The number of anilines is 5. The van der Waals surface area contributed by atoms with Crippen LogP contribution in [0.4, 0.5) is 33.6 Å². The molecule has 2 amide bonds. The Bertz CT molecular complexity index is 1490. The van der Waals surface area contributed by atoms with E-state index in [9.17, 15) is 9.59 Å². The quantitative estimate of drug-likeness (QED) is 0.373. The van der Waals surface area contributed by atoms with Crippen molar-refractivity contribution in [1.82, 2.24) is 14.9 Å². The molecule has 0 atom stereocenters. The fourth-order valence-electron chi connectivity index (χ4n) is 5.73. The average molecular weight is 554 g/mol. The van der Waals surface area contributed by atoms with E-state index in [1.54, 1.807) is 22.1 Å². The number of cyclic esters (lactones) is 1. The minimum atomic E-state index is -0.300. The number of amides is 2. The Labute approximate surface area is 240 Å². The van der Waals surface area contributed by atoms with Crippen LogP contribution < -0.4 is 20.0 Å². The highest BCUT2D eigenvalue weighted by Gasteiger charge is 2.34. The lowest BCUT2D eigenvalue weighted by atomic mass is 10.1. The summed E-state index contributed by atoms with van der Waals surface area (Å²) in [7, 11) is 2.12. The number of esters is 1. The van der Waals surface area contributed by atoms with Crippen LogP contribution in [0.3, 0.4) is 0 Å². The van der Waals surface area contributed by atoms with Crippen molar-refractivity contribution in [2.24, 2.45) is 0 Å². The van der Waals surface area contributed by atoms with Gasteiger partial charge in [0.1, 0.15) is 12.4 Å². The highest BCUT2D eigenvalue weighted by Crippen LogP contribution is 2.35. The van der Waals surface area contributed by atoms with E-state index >= 15 is 0 Å². The number of para-hydroxylation sites is 1. The molecule has 6 rings (SSSR count). The van der Waals surface area contributed by atoms with E-state index in [0.717, 1.165) is 65.5 Å². The largest absolute Gasteiger partial charge is 0.461 e. The zero-order valence-corrected chi connectivity index (χ0v) is 23.8. The van der Waals surface area contributed by atoms with Crippen molar-refractivity contribution in [2.45, 2.75) is 26.8 Å².